The zero-order chi connectivity index (χ0) is 14.8. The largest absolute Gasteiger partial charge is 0.368 e. The molecule has 0 aliphatic carbocycles. The number of para-hydroxylation sites is 1. The fourth-order valence-electron chi connectivity index (χ4n) is 1.69. The van der Waals surface area contributed by atoms with E-state index in [1.54, 1.807) is 13.0 Å². The van der Waals surface area contributed by atoms with Crippen molar-refractivity contribution in [1.29, 1.82) is 0 Å². The Morgan fingerprint density at radius 1 is 1.43 bits per heavy atom. The molecule has 2 N–H and O–H groups in total. The second-order valence-electron chi connectivity index (χ2n) is 4.52. The lowest BCUT2D eigenvalue weighted by Crippen LogP contribution is -2.28. The van der Waals surface area contributed by atoms with E-state index in [9.17, 15) is 4.79 Å². The van der Waals surface area contributed by atoms with Crippen LogP contribution in [0, 0.1) is 0 Å². The molecular formula is C16H25ClN2O2. The molecular weight excluding hydrogens is 288 g/mol. The molecule has 1 atom stereocenters. The van der Waals surface area contributed by atoms with E-state index in [1.165, 1.54) is 0 Å². The molecule has 0 saturated heterocycles. The van der Waals surface area contributed by atoms with Crippen LogP contribution in [0.4, 0.5) is 5.69 Å². The van der Waals surface area contributed by atoms with Crippen molar-refractivity contribution >= 4 is 24.0 Å². The summed E-state index contributed by atoms with van der Waals surface area (Å²) in [4.78, 5) is 12.1. The molecule has 0 aromatic heterocycles. The first-order valence-corrected chi connectivity index (χ1v) is 7.01. The van der Waals surface area contributed by atoms with Gasteiger partial charge in [-0.3, -0.25) is 4.79 Å². The summed E-state index contributed by atoms with van der Waals surface area (Å²) >= 11 is 0. The predicted octanol–water partition coefficient (Wildman–Crippen LogP) is 3.14. The zero-order valence-corrected chi connectivity index (χ0v) is 13.5. The third-order valence-electron chi connectivity index (χ3n) is 2.90. The van der Waals surface area contributed by atoms with Gasteiger partial charge in [0.2, 0.25) is 0 Å². The zero-order valence-electron chi connectivity index (χ0n) is 12.7. The number of nitrogens with one attached hydrogen (secondary N) is 2. The van der Waals surface area contributed by atoms with Gasteiger partial charge in [-0.15, -0.1) is 19.0 Å². The van der Waals surface area contributed by atoms with E-state index < -0.39 is 6.10 Å². The molecule has 1 aromatic rings. The molecule has 0 radical (unpaired) electrons. The number of amides is 1. The van der Waals surface area contributed by atoms with Crippen LogP contribution in [-0.4, -0.2) is 25.2 Å². The number of halogens is 1. The van der Waals surface area contributed by atoms with Crippen LogP contribution in [0.1, 0.15) is 25.8 Å². The van der Waals surface area contributed by atoms with Gasteiger partial charge >= 0.3 is 0 Å². The third kappa shape index (κ3) is 7.27. The maximum atomic E-state index is 12.1. The summed E-state index contributed by atoms with van der Waals surface area (Å²) in [6.45, 7) is 9.57. The second kappa shape index (κ2) is 11.3. The van der Waals surface area contributed by atoms with Crippen LogP contribution in [0.15, 0.2) is 36.9 Å². The molecule has 1 unspecified atom stereocenters. The van der Waals surface area contributed by atoms with Crippen LogP contribution in [-0.2, 0) is 16.1 Å². The molecule has 0 spiro atoms. The average Bonchev–Trinajstić information content (AvgIpc) is 2.46. The lowest BCUT2D eigenvalue weighted by atomic mass is 10.1. The van der Waals surface area contributed by atoms with E-state index in [0.29, 0.717) is 6.61 Å². The van der Waals surface area contributed by atoms with Crippen molar-refractivity contribution in [3.05, 3.63) is 42.5 Å². The Morgan fingerprint density at radius 2 is 2.14 bits per heavy atom. The van der Waals surface area contributed by atoms with Crippen LogP contribution in [0.2, 0.25) is 0 Å². The first-order valence-electron chi connectivity index (χ1n) is 7.01. The molecule has 5 heteroatoms. The molecule has 4 nitrogen and oxygen atoms in total. The van der Waals surface area contributed by atoms with Gasteiger partial charge in [-0.05, 0) is 31.5 Å². The topological polar surface area (TPSA) is 50.4 Å². The van der Waals surface area contributed by atoms with Crippen molar-refractivity contribution in [2.24, 2.45) is 0 Å². The number of carbonyl (C=O) groups is 1. The lowest BCUT2D eigenvalue weighted by molar-refractivity contribution is -0.126. The number of benzene rings is 1. The fourth-order valence-corrected chi connectivity index (χ4v) is 1.69. The van der Waals surface area contributed by atoms with Gasteiger partial charge in [0.25, 0.3) is 5.91 Å². The molecule has 1 amide bonds. The van der Waals surface area contributed by atoms with E-state index in [4.69, 9.17) is 4.74 Å². The summed E-state index contributed by atoms with van der Waals surface area (Å²) in [7, 11) is 0. The quantitative estimate of drug-likeness (QED) is 0.544. The molecule has 1 rings (SSSR count). The van der Waals surface area contributed by atoms with E-state index >= 15 is 0 Å². The van der Waals surface area contributed by atoms with Gasteiger partial charge in [-0.25, -0.2) is 0 Å². The van der Waals surface area contributed by atoms with Gasteiger partial charge in [0, 0.05) is 12.2 Å². The van der Waals surface area contributed by atoms with Crippen molar-refractivity contribution in [2.45, 2.75) is 32.9 Å². The van der Waals surface area contributed by atoms with Crippen molar-refractivity contribution in [1.82, 2.24) is 5.32 Å². The van der Waals surface area contributed by atoms with Gasteiger partial charge in [0.05, 0.1) is 6.61 Å². The summed E-state index contributed by atoms with van der Waals surface area (Å²) in [6, 6.07) is 7.78. The number of ether oxygens (including phenoxy) is 1. The minimum Gasteiger partial charge on any atom is -0.368 e. The molecule has 1 aromatic carbocycles. The second-order valence-corrected chi connectivity index (χ2v) is 4.52. The Labute approximate surface area is 133 Å². The highest BCUT2D eigenvalue weighted by atomic mass is 35.5. The van der Waals surface area contributed by atoms with Gasteiger partial charge in [0.1, 0.15) is 6.10 Å². The van der Waals surface area contributed by atoms with Crippen LogP contribution in [0.3, 0.4) is 0 Å². The Kier molecular flexibility index (Phi) is 10.6. The first kappa shape index (κ1) is 19.6. The van der Waals surface area contributed by atoms with Gasteiger partial charge in [0.15, 0.2) is 0 Å². The monoisotopic (exact) mass is 312 g/mol. The molecule has 0 saturated carbocycles. The minimum absolute atomic E-state index is 0. The normalized spacial score (nSPS) is 11.3. The first-order chi connectivity index (χ1) is 9.69. The average molecular weight is 313 g/mol. The molecule has 0 fully saturated rings. The maximum absolute atomic E-state index is 12.1. The predicted molar refractivity (Wildman–Crippen MR) is 89.9 cm³/mol. The molecule has 0 aliphatic rings. The number of anilines is 1. The highest BCUT2D eigenvalue weighted by Gasteiger charge is 2.14. The maximum Gasteiger partial charge on any atom is 0.253 e. The Balaban J connectivity index is 0.00000400. The molecule has 21 heavy (non-hydrogen) atoms. The van der Waals surface area contributed by atoms with Crippen molar-refractivity contribution in [3.63, 3.8) is 0 Å². The van der Waals surface area contributed by atoms with E-state index in [0.717, 1.165) is 30.8 Å². The van der Waals surface area contributed by atoms with Crippen LogP contribution in [0.25, 0.3) is 0 Å². The number of carbonyl (C=O) groups excluding carboxylic acids is 1. The van der Waals surface area contributed by atoms with Crippen LogP contribution >= 0.6 is 12.4 Å². The fraction of sp³-hybridized carbons (Fsp3) is 0.438. The summed E-state index contributed by atoms with van der Waals surface area (Å²) in [6.07, 6.45) is 2.05. The Morgan fingerprint density at radius 3 is 2.81 bits per heavy atom. The van der Waals surface area contributed by atoms with Crippen LogP contribution < -0.4 is 10.6 Å². The van der Waals surface area contributed by atoms with Crippen molar-refractivity contribution in [2.75, 3.05) is 18.5 Å². The highest BCUT2D eigenvalue weighted by Crippen LogP contribution is 2.15. The highest BCUT2D eigenvalue weighted by molar-refractivity contribution is 5.94. The SMILES string of the molecule is C=CCCOC(C)C(=O)Nc1ccccc1CNCC.Cl. The van der Waals surface area contributed by atoms with Gasteiger partial charge in [-0.1, -0.05) is 31.2 Å². The van der Waals surface area contributed by atoms with Crippen LogP contribution in [0.5, 0.6) is 0 Å². The number of hydrogen-bond acceptors (Lipinski definition) is 3. The van der Waals surface area contributed by atoms with Crippen molar-refractivity contribution < 1.29 is 9.53 Å². The molecule has 0 aliphatic heterocycles. The van der Waals surface area contributed by atoms with E-state index in [1.807, 2.05) is 24.3 Å². The summed E-state index contributed by atoms with van der Waals surface area (Å²) in [5.74, 6) is -0.127. The molecule has 0 bridgehead atoms. The number of hydrogen-bond donors (Lipinski definition) is 2. The third-order valence-corrected chi connectivity index (χ3v) is 2.90. The Bertz CT molecular complexity index is 438. The molecule has 118 valence electrons. The smallest absolute Gasteiger partial charge is 0.253 e. The van der Waals surface area contributed by atoms with Gasteiger partial charge < -0.3 is 15.4 Å². The van der Waals surface area contributed by atoms with E-state index in [-0.39, 0.29) is 18.3 Å². The van der Waals surface area contributed by atoms with E-state index in [2.05, 4.69) is 24.1 Å². The minimum atomic E-state index is -0.470. The summed E-state index contributed by atoms with van der Waals surface area (Å²) in [5.41, 5.74) is 1.90. The van der Waals surface area contributed by atoms with Gasteiger partial charge in [-0.2, -0.15) is 0 Å². The Hall–Kier alpha value is -1.36. The summed E-state index contributed by atoms with van der Waals surface area (Å²) in [5, 5.41) is 6.17. The summed E-state index contributed by atoms with van der Waals surface area (Å²) < 4.78 is 5.44. The lowest BCUT2D eigenvalue weighted by Gasteiger charge is -2.15. The van der Waals surface area contributed by atoms with Crippen molar-refractivity contribution in [3.8, 4) is 0 Å². The number of rotatable bonds is 9. The standard InChI is InChI=1S/C16H24N2O2.ClH/c1-4-6-11-20-13(3)16(19)18-15-10-8-7-9-14(15)12-17-5-2;/h4,7-10,13,17H,1,5-6,11-12H2,2-3H3,(H,18,19);1H. The molecule has 0 heterocycles.